The van der Waals surface area contributed by atoms with Crippen LogP contribution in [0.3, 0.4) is 0 Å². The van der Waals surface area contributed by atoms with E-state index in [1.54, 1.807) is 0 Å². The van der Waals surface area contributed by atoms with Crippen LogP contribution in [-0.4, -0.2) is 54.9 Å². The van der Waals surface area contributed by atoms with Crippen molar-refractivity contribution in [1.29, 1.82) is 0 Å². The summed E-state index contributed by atoms with van der Waals surface area (Å²) in [6.07, 6.45) is 3.12. The van der Waals surface area contributed by atoms with Crippen LogP contribution < -0.4 is 4.90 Å². The summed E-state index contributed by atoms with van der Waals surface area (Å²) in [5.41, 5.74) is 2.22. The summed E-state index contributed by atoms with van der Waals surface area (Å²) in [7, 11) is -1.15. The van der Waals surface area contributed by atoms with Crippen LogP contribution >= 0.6 is 0 Å². The van der Waals surface area contributed by atoms with Gasteiger partial charge in [-0.3, -0.25) is 4.68 Å². The van der Waals surface area contributed by atoms with E-state index in [0.717, 1.165) is 16.6 Å². The van der Waals surface area contributed by atoms with Crippen molar-refractivity contribution < 1.29 is 8.42 Å². The Hall–Kier alpha value is -1.60. The lowest BCUT2D eigenvalue weighted by molar-refractivity contribution is 0.388. The molecule has 3 rings (SSSR count). The highest BCUT2D eigenvalue weighted by molar-refractivity contribution is 7.88. The molecule has 1 aromatic carbocycles. The number of hydrogen-bond donors (Lipinski definition) is 0. The molecule has 0 saturated carbocycles. The molecule has 0 bridgehead atoms. The normalized spacial score (nSPS) is 17.8. The smallest absolute Gasteiger partial charge is 0.211 e. The fourth-order valence-electron chi connectivity index (χ4n) is 2.73. The molecule has 0 atom stereocenters. The van der Waals surface area contributed by atoms with Gasteiger partial charge in [0, 0.05) is 38.6 Å². The third kappa shape index (κ3) is 2.27. The fourth-order valence-corrected chi connectivity index (χ4v) is 3.55. The second-order valence-electron chi connectivity index (χ2n) is 5.13. The van der Waals surface area contributed by atoms with Gasteiger partial charge in [-0.25, -0.2) is 8.42 Å². The predicted molar refractivity (Wildman–Crippen MR) is 79.3 cm³/mol. The lowest BCUT2D eigenvalue weighted by Crippen LogP contribution is -2.48. The van der Waals surface area contributed by atoms with Crippen LogP contribution in [0.25, 0.3) is 10.9 Å². The summed E-state index contributed by atoms with van der Waals surface area (Å²) >= 11 is 0. The van der Waals surface area contributed by atoms with Gasteiger partial charge in [0.15, 0.2) is 0 Å². The van der Waals surface area contributed by atoms with Crippen molar-refractivity contribution >= 4 is 26.6 Å². The molecule has 108 valence electrons. The van der Waals surface area contributed by atoms with Crippen molar-refractivity contribution in [1.82, 2.24) is 14.1 Å². The van der Waals surface area contributed by atoms with Crippen LogP contribution in [0.5, 0.6) is 0 Å². The molecular formula is C13H18N4O2S. The molecule has 0 aliphatic carbocycles. The van der Waals surface area contributed by atoms with E-state index < -0.39 is 10.0 Å². The lowest BCUT2D eigenvalue weighted by Gasteiger charge is -2.35. The van der Waals surface area contributed by atoms with Crippen LogP contribution in [-0.2, 0) is 17.1 Å². The number of piperazine rings is 1. The molecule has 6 nitrogen and oxygen atoms in total. The number of aryl methyl sites for hydroxylation is 1. The second kappa shape index (κ2) is 4.75. The zero-order valence-electron chi connectivity index (χ0n) is 11.7. The highest BCUT2D eigenvalue weighted by Gasteiger charge is 2.24. The summed E-state index contributed by atoms with van der Waals surface area (Å²) in [5.74, 6) is 0. The monoisotopic (exact) mass is 294 g/mol. The zero-order valence-corrected chi connectivity index (χ0v) is 12.5. The Morgan fingerprint density at radius 3 is 2.50 bits per heavy atom. The molecule has 1 saturated heterocycles. The first kappa shape index (κ1) is 13.4. The van der Waals surface area contributed by atoms with Gasteiger partial charge in [-0.05, 0) is 6.07 Å². The molecule has 0 amide bonds. The van der Waals surface area contributed by atoms with Crippen LogP contribution in [0.15, 0.2) is 24.4 Å². The van der Waals surface area contributed by atoms with E-state index in [1.165, 1.54) is 10.6 Å². The minimum absolute atomic E-state index is 0.535. The number of nitrogens with zero attached hydrogens (tertiary/aromatic N) is 4. The largest absolute Gasteiger partial charge is 0.367 e. The first-order chi connectivity index (χ1) is 9.47. The van der Waals surface area contributed by atoms with E-state index in [4.69, 9.17) is 0 Å². The molecule has 7 heteroatoms. The minimum Gasteiger partial charge on any atom is -0.367 e. The van der Waals surface area contributed by atoms with Crippen molar-refractivity contribution in [2.24, 2.45) is 7.05 Å². The van der Waals surface area contributed by atoms with Gasteiger partial charge < -0.3 is 4.90 Å². The topological polar surface area (TPSA) is 58.4 Å². The Bertz CT molecular complexity index is 730. The first-order valence-corrected chi connectivity index (χ1v) is 8.42. The molecule has 2 heterocycles. The third-order valence-corrected chi connectivity index (χ3v) is 5.09. The summed E-state index contributed by atoms with van der Waals surface area (Å²) in [5, 5.41) is 5.40. The van der Waals surface area contributed by atoms with Crippen molar-refractivity contribution in [3.05, 3.63) is 24.4 Å². The Labute approximate surface area is 118 Å². The maximum Gasteiger partial charge on any atom is 0.211 e. The van der Waals surface area contributed by atoms with Gasteiger partial charge in [-0.15, -0.1) is 0 Å². The number of fused-ring (bicyclic) bond motifs is 1. The molecule has 2 aromatic rings. The highest BCUT2D eigenvalue weighted by Crippen LogP contribution is 2.27. The number of benzene rings is 1. The Kier molecular flexibility index (Phi) is 3.18. The van der Waals surface area contributed by atoms with Gasteiger partial charge in [-0.2, -0.15) is 9.40 Å². The first-order valence-electron chi connectivity index (χ1n) is 6.57. The van der Waals surface area contributed by atoms with Gasteiger partial charge in [-0.1, -0.05) is 12.1 Å². The number of aromatic nitrogens is 2. The number of para-hydroxylation sites is 1. The molecule has 1 aromatic heterocycles. The number of sulfonamides is 1. The van der Waals surface area contributed by atoms with Crippen LogP contribution in [0.1, 0.15) is 0 Å². The summed E-state index contributed by atoms with van der Waals surface area (Å²) in [4.78, 5) is 2.23. The summed E-state index contributed by atoms with van der Waals surface area (Å²) < 4.78 is 26.5. The Balaban J connectivity index is 1.89. The molecule has 0 radical (unpaired) electrons. The maximum absolute atomic E-state index is 11.5. The molecule has 0 N–H and O–H groups in total. The number of rotatable bonds is 2. The molecule has 1 aliphatic heterocycles. The standard InChI is InChI=1S/C13H18N4O2S/c1-15-13-11(10-14-15)4-3-5-12(13)16-6-8-17(9-7-16)20(2,18)19/h3-5,10H,6-9H2,1-2H3. The number of anilines is 1. The molecule has 1 aliphatic rings. The highest BCUT2D eigenvalue weighted by atomic mass is 32.2. The van der Waals surface area contributed by atoms with Crippen molar-refractivity contribution in [2.75, 3.05) is 37.3 Å². The molecule has 0 spiro atoms. The molecule has 1 fully saturated rings. The van der Waals surface area contributed by atoms with Crippen LogP contribution in [0.4, 0.5) is 5.69 Å². The minimum atomic E-state index is -3.08. The SMILES string of the molecule is Cn1ncc2cccc(N3CCN(S(C)(=O)=O)CC3)c21. The zero-order chi connectivity index (χ0) is 14.3. The van der Waals surface area contributed by atoms with Gasteiger partial charge in [0.05, 0.1) is 23.7 Å². The van der Waals surface area contributed by atoms with Gasteiger partial charge in [0.25, 0.3) is 0 Å². The van der Waals surface area contributed by atoms with E-state index in [2.05, 4.69) is 16.1 Å². The van der Waals surface area contributed by atoms with Crippen molar-refractivity contribution in [2.45, 2.75) is 0 Å². The molecule has 20 heavy (non-hydrogen) atoms. The van der Waals surface area contributed by atoms with Crippen molar-refractivity contribution in [3.63, 3.8) is 0 Å². The second-order valence-corrected chi connectivity index (χ2v) is 7.11. The molecular weight excluding hydrogens is 276 g/mol. The quantitative estimate of drug-likeness (QED) is 0.816. The fraction of sp³-hybridized carbons (Fsp3) is 0.462. The van der Waals surface area contributed by atoms with E-state index in [0.29, 0.717) is 26.2 Å². The Morgan fingerprint density at radius 1 is 1.15 bits per heavy atom. The summed E-state index contributed by atoms with van der Waals surface area (Å²) in [6, 6.07) is 6.13. The molecule has 0 unspecified atom stereocenters. The van der Waals surface area contributed by atoms with Gasteiger partial charge in [0.2, 0.25) is 10.0 Å². The predicted octanol–water partition coefficient (Wildman–Crippen LogP) is 0.655. The average Bonchev–Trinajstić information content (AvgIpc) is 2.80. The van der Waals surface area contributed by atoms with E-state index in [-0.39, 0.29) is 0 Å². The van der Waals surface area contributed by atoms with E-state index in [1.807, 2.05) is 30.1 Å². The maximum atomic E-state index is 11.5. The summed E-state index contributed by atoms with van der Waals surface area (Å²) in [6.45, 7) is 2.48. The van der Waals surface area contributed by atoms with Crippen LogP contribution in [0.2, 0.25) is 0 Å². The van der Waals surface area contributed by atoms with Gasteiger partial charge in [0.1, 0.15) is 0 Å². The average molecular weight is 294 g/mol. The van der Waals surface area contributed by atoms with E-state index in [9.17, 15) is 8.42 Å². The third-order valence-electron chi connectivity index (χ3n) is 3.79. The lowest BCUT2D eigenvalue weighted by atomic mass is 10.2. The van der Waals surface area contributed by atoms with Crippen molar-refractivity contribution in [3.8, 4) is 0 Å². The van der Waals surface area contributed by atoms with Crippen LogP contribution in [0, 0.1) is 0 Å². The number of hydrogen-bond acceptors (Lipinski definition) is 4. The Morgan fingerprint density at radius 2 is 1.85 bits per heavy atom. The van der Waals surface area contributed by atoms with E-state index >= 15 is 0 Å². The van der Waals surface area contributed by atoms with Gasteiger partial charge >= 0.3 is 0 Å².